The number of nitrogens with zero attached hydrogens (tertiary/aromatic N) is 2. The van der Waals surface area contributed by atoms with Gasteiger partial charge in [-0.3, -0.25) is 4.79 Å². The number of fused-ring (bicyclic) bond motifs is 1. The third-order valence-corrected chi connectivity index (χ3v) is 5.06. The minimum atomic E-state index is -4.44. The lowest BCUT2D eigenvalue weighted by atomic mass is 9.91. The first-order valence-corrected chi connectivity index (χ1v) is 9.22. The number of hydrogen-bond acceptors (Lipinski definition) is 2. The van der Waals surface area contributed by atoms with Crippen LogP contribution in [0.4, 0.5) is 13.2 Å². The summed E-state index contributed by atoms with van der Waals surface area (Å²) in [5.74, 6) is -0.689. The van der Waals surface area contributed by atoms with Crippen molar-refractivity contribution in [3.05, 3.63) is 71.2 Å². The average Bonchev–Trinajstić information content (AvgIpc) is 3.35. The highest BCUT2D eigenvalue weighted by atomic mass is 19.4. The number of carbonyl (C=O) groups is 1. The first-order chi connectivity index (χ1) is 13.3. The molecule has 1 aliphatic rings. The summed E-state index contributed by atoms with van der Waals surface area (Å²) in [5, 5.41) is 2.93. The number of aromatic nitrogens is 2. The molecule has 0 spiro atoms. The summed E-state index contributed by atoms with van der Waals surface area (Å²) in [6.45, 7) is 1.91. The number of imidazole rings is 1. The van der Waals surface area contributed by atoms with E-state index in [0.717, 1.165) is 30.7 Å². The summed E-state index contributed by atoms with van der Waals surface area (Å²) in [6, 6.07) is 11.0. The zero-order valence-corrected chi connectivity index (χ0v) is 15.3. The van der Waals surface area contributed by atoms with Gasteiger partial charge in [-0.15, -0.1) is 0 Å². The summed E-state index contributed by atoms with van der Waals surface area (Å²) in [6.07, 6.45) is -0.812. The smallest absolute Gasteiger partial charge is 0.353 e. The molecule has 7 heteroatoms. The van der Waals surface area contributed by atoms with Gasteiger partial charge in [0.05, 0.1) is 11.3 Å². The van der Waals surface area contributed by atoms with Crippen molar-refractivity contribution in [3.63, 3.8) is 0 Å². The Bertz CT molecular complexity index is 1020. The molecule has 0 radical (unpaired) electrons. The fourth-order valence-electron chi connectivity index (χ4n) is 3.50. The van der Waals surface area contributed by atoms with Gasteiger partial charge in [0.1, 0.15) is 5.65 Å². The molecule has 1 fully saturated rings. The lowest BCUT2D eigenvalue weighted by molar-refractivity contribution is -0.137. The van der Waals surface area contributed by atoms with E-state index < -0.39 is 17.7 Å². The van der Waals surface area contributed by atoms with Gasteiger partial charge in [0.15, 0.2) is 0 Å². The number of rotatable bonds is 5. The molecule has 146 valence electrons. The summed E-state index contributed by atoms with van der Waals surface area (Å²) in [4.78, 5) is 16.9. The second-order valence-corrected chi connectivity index (χ2v) is 7.27. The van der Waals surface area contributed by atoms with Crippen LogP contribution in [0.15, 0.2) is 48.7 Å². The van der Waals surface area contributed by atoms with Crippen LogP contribution in [-0.2, 0) is 11.0 Å². The largest absolute Gasteiger partial charge is 0.416 e. The molecule has 2 heterocycles. The minimum absolute atomic E-state index is 0.0694. The van der Waals surface area contributed by atoms with E-state index in [0.29, 0.717) is 16.9 Å². The van der Waals surface area contributed by atoms with Gasteiger partial charge in [0, 0.05) is 30.3 Å². The van der Waals surface area contributed by atoms with E-state index in [4.69, 9.17) is 0 Å². The zero-order valence-electron chi connectivity index (χ0n) is 15.3. The SMILES string of the molecule is Cc1cccc2ncc(C(CC(=O)NC3CC3)c3cccc(C(F)(F)F)c3)n12. The summed E-state index contributed by atoms with van der Waals surface area (Å²) < 4.78 is 41.6. The van der Waals surface area contributed by atoms with Crippen LogP contribution in [0.2, 0.25) is 0 Å². The van der Waals surface area contributed by atoms with Crippen LogP contribution in [0.1, 0.15) is 47.7 Å². The normalized spacial score (nSPS) is 15.6. The highest BCUT2D eigenvalue weighted by Gasteiger charge is 2.32. The molecule has 1 amide bonds. The van der Waals surface area contributed by atoms with E-state index in [9.17, 15) is 18.0 Å². The monoisotopic (exact) mass is 387 g/mol. The summed E-state index contributed by atoms with van der Waals surface area (Å²) >= 11 is 0. The quantitative estimate of drug-likeness (QED) is 0.703. The van der Waals surface area contributed by atoms with E-state index in [-0.39, 0.29) is 18.4 Å². The van der Waals surface area contributed by atoms with Gasteiger partial charge >= 0.3 is 6.18 Å². The molecule has 1 aromatic carbocycles. The van der Waals surface area contributed by atoms with Crippen molar-refractivity contribution in [2.75, 3.05) is 0 Å². The number of carbonyl (C=O) groups excluding carboxylic acids is 1. The predicted octanol–water partition coefficient (Wildman–Crippen LogP) is 4.46. The van der Waals surface area contributed by atoms with Crippen molar-refractivity contribution in [1.29, 1.82) is 0 Å². The number of benzene rings is 1. The van der Waals surface area contributed by atoms with Crippen molar-refractivity contribution >= 4 is 11.6 Å². The van der Waals surface area contributed by atoms with Crippen LogP contribution in [0.5, 0.6) is 0 Å². The van der Waals surface area contributed by atoms with Crippen molar-refractivity contribution in [2.45, 2.75) is 44.3 Å². The molecule has 1 unspecified atom stereocenters. The first-order valence-electron chi connectivity index (χ1n) is 9.22. The molecule has 1 aliphatic carbocycles. The van der Waals surface area contributed by atoms with Gasteiger partial charge in [0.2, 0.25) is 5.91 Å². The molecular formula is C21H20F3N3O. The highest BCUT2D eigenvalue weighted by molar-refractivity contribution is 5.78. The van der Waals surface area contributed by atoms with E-state index in [2.05, 4.69) is 10.3 Å². The van der Waals surface area contributed by atoms with Crippen LogP contribution in [0.3, 0.4) is 0 Å². The molecule has 1 atom stereocenters. The van der Waals surface area contributed by atoms with Crippen LogP contribution < -0.4 is 5.32 Å². The van der Waals surface area contributed by atoms with E-state index in [1.165, 1.54) is 6.07 Å². The van der Waals surface area contributed by atoms with Crippen molar-refractivity contribution in [3.8, 4) is 0 Å². The third kappa shape index (κ3) is 3.74. The highest BCUT2D eigenvalue weighted by Crippen LogP contribution is 2.35. The fraction of sp³-hybridized carbons (Fsp3) is 0.333. The average molecular weight is 387 g/mol. The topological polar surface area (TPSA) is 46.4 Å². The van der Waals surface area contributed by atoms with Crippen LogP contribution in [-0.4, -0.2) is 21.3 Å². The predicted molar refractivity (Wildman–Crippen MR) is 99.0 cm³/mol. The lowest BCUT2D eigenvalue weighted by Gasteiger charge is -2.19. The fourth-order valence-corrected chi connectivity index (χ4v) is 3.50. The maximum absolute atomic E-state index is 13.2. The number of aryl methyl sites for hydroxylation is 1. The Morgan fingerprint density at radius 2 is 2.00 bits per heavy atom. The Balaban J connectivity index is 1.78. The Morgan fingerprint density at radius 1 is 1.25 bits per heavy atom. The molecule has 28 heavy (non-hydrogen) atoms. The van der Waals surface area contributed by atoms with Gasteiger partial charge in [-0.25, -0.2) is 4.98 Å². The van der Waals surface area contributed by atoms with Gasteiger partial charge in [-0.05, 0) is 43.5 Å². The van der Waals surface area contributed by atoms with Crippen molar-refractivity contribution in [2.24, 2.45) is 0 Å². The number of alkyl halides is 3. The first kappa shape index (κ1) is 18.5. The van der Waals surface area contributed by atoms with E-state index in [1.807, 2.05) is 29.5 Å². The maximum atomic E-state index is 13.2. The van der Waals surface area contributed by atoms with Crippen molar-refractivity contribution < 1.29 is 18.0 Å². The zero-order chi connectivity index (χ0) is 19.9. The second kappa shape index (κ2) is 6.96. The molecule has 1 N–H and O–H groups in total. The van der Waals surface area contributed by atoms with Gasteiger partial charge in [-0.2, -0.15) is 13.2 Å². The van der Waals surface area contributed by atoms with Crippen LogP contribution >= 0.6 is 0 Å². The molecule has 0 saturated heterocycles. The molecule has 0 aliphatic heterocycles. The van der Waals surface area contributed by atoms with E-state index >= 15 is 0 Å². The Kier molecular flexibility index (Phi) is 4.61. The number of amides is 1. The minimum Gasteiger partial charge on any atom is -0.353 e. The molecule has 0 bridgehead atoms. The lowest BCUT2D eigenvalue weighted by Crippen LogP contribution is -2.27. The molecule has 1 saturated carbocycles. The van der Waals surface area contributed by atoms with Gasteiger partial charge in [-0.1, -0.05) is 24.3 Å². The van der Waals surface area contributed by atoms with Gasteiger partial charge in [0.25, 0.3) is 0 Å². The second-order valence-electron chi connectivity index (χ2n) is 7.27. The Morgan fingerprint density at radius 3 is 2.71 bits per heavy atom. The van der Waals surface area contributed by atoms with Crippen LogP contribution in [0.25, 0.3) is 5.65 Å². The molecule has 4 nitrogen and oxygen atoms in total. The molecule has 2 aromatic heterocycles. The summed E-state index contributed by atoms with van der Waals surface area (Å²) in [5.41, 5.74) is 2.05. The van der Waals surface area contributed by atoms with Gasteiger partial charge < -0.3 is 9.72 Å². The number of pyridine rings is 1. The van der Waals surface area contributed by atoms with Crippen LogP contribution in [0, 0.1) is 6.92 Å². The summed E-state index contributed by atoms with van der Waals surface area (Å²) in [7, 11) is 0. The number of hydrogen-bond donors (Lipinski definition) is 1. The van der Waals surface area contributed by atoms with Crippen molar-refractivity contribution in [1.82, 2.24) is 14.7 Å². The third-order valence-electron chi connectivity index (χ3n) is 5.06. The molecule has 3 aromatic rings. The Labute approximate surface area is 160 Å². The standard InChI is InChI=1S/C21H20F3N3O/c1-13-4-2-7-19-25-12-18(27(13)19)17(11-20(28)26-16-8-9-16)14-5-3-6-15(10-14)21(22,23)24/h2-7,10,12,16-17H,8-9,11H2,1H3,(H,26,28). The number of nitrogens with one attached hydrogen (secondary N) is 1. The molecule has 4 rings (SSSR count). The molecular weight excluding hydrogens is 367 g/mol. The maximum Gasteiger partial charge on any atom is 0.416 e. The Hall–Kier alpha value is -2.83. The number of halogens is 3. The van der Waals surface area contributed by atoms with E-state index in [1.54, 1.807) is 12.3 Å².